The SMILES string of the molecule is O=C(O)C1CCSC(c2ccc(Br)c(Cl)c2)N1. The number of aliphatic carboxylic acids is 1. The van der Waals surface area contributed by atoms with E-state index in [9.17, 15) is 4.79 Å². The summed E-state index contributed by atoms with van der Waals surface area (Å²) in [5.74, 6) is 0.0426. The van der Waals surface area contributed by atoms with Crippen LogP contribution < -0.4 is 5.32 Å². The summed E-state index contributed by atoms with van der Waals surface area (Å²) in [5.41, 5.74) is 1.01. The number of carbonyl (C=O) groups is 1. The molecule has 1 aromatic rings. The van der Waals surface area contributed by atoms with Crippen LogP contribution in [0.1, 0.15) is 17.4 Å². The first-order valence-corrected chi connectivity index (χ1v) is 7.35. The van der Waals surface area contributed by atoms with Crippen LogP contribution in [0.25, 0.3) is 0 Å². The second-order valence-electron chi connectivity index (χ2n) is 3.77. The van der Waals surface area contributed by atoms with Crippen molar-refractivity contribution in [2.45, 2.75) is 17.8 Å². The third-order valence-electron chi connectivity index (χ3n) is 2.59. The van der Waals surface area contributed by atoms with Crippen LogP contribution >= 0.6 is 39.3 Å². The van der Waals surface area contributed by atoms with Crippen LogP contribution in [0, 0.1) is 0 Å². The van der Waals surface area contributed by atoms with Crippen molar-refractivity contribution in [2.24, 2.45) is 0 Å². The van der Waals surface area contributed by atoms with E-state index in [2.05, 4.69) is 21.2 Å². The molecule has 2 rings (SSSR count). The molecule has 2 N–H and O–H groups in total. The summed E-state index contributed by atoms with van der Waals surface area (Å²) in [5, 5.41) is 12.7. The average Bonchev–Trinajstić information content (AvgIpc) is 2.33. The fourth-order valence-corrected chi connectivity index (χ4v) is 3.32. The van der Waals surface area contributed by atoms with E-state index in [-0.39, 0.29) is 5.37 Å². The van der Waals surface area contributed by atoms with E-state index < -0.39 is 12.0 Å². The van der Waals surface area contributed by atoms with Crippen LogP contribution in [-0.2, 0) is 4.79 Å². The quantitative estimate of drug-likeness (QED) is 0.870. The second-order valence-corrected chi connectivity index (χ2v) is 6.25. The Kier molecular flexibility index (Phi) is 4.36. The van der Waals surface area contributed by atoms with Gasteiger partial charge in [0.15, 0.2) is 0 Å². The molecule has 0 bridgehead atoms. The molecule has 2 atom stereocenters. The number of benzene rings is 1. The smallest absolute Gasteiger partial charge is 0.320 e. The summed E-state index contributed by atoms with van der Waals surface area (Å²) in [4.78, 5) is 10.9. The summed E-state index contributed by atoms with van der Waals surface area (Å²) < 4.78 is 0.846. The van der Waals surface area contributed by atoms with E-state index in [1.54, 1.807) is 11.8 Å². The molecule has 0 aromatic heterocycles. The van der Waals surface area contributed by atoms with E-state index >= 15 is 0 Å². The summed E-state index contributed by atoms with van der Waals surface area (Å²) in [6.45, 7) is 0. The molecule has 2 unspecified atom stereocenters. The Morgan fingerprint density at radius 3 is 3.00 bits per heavy atom. The molecule has 1 aliphatic heterocycles. The summed E-state index contributed by atoms with van der Waals surface area (Å²) in [6.07, 6.45) is 0.654. The first kappa shape index (κ1) is 13.2. The molecule has 0 radical (unpaired) electrons. The monoisotopic (exact) mass is 335 g/mol. The fourth-order valence-electron chi connectivity index (χ4n) is 1.68. The van der Waals surface area contributed by atoms with Gasteiger partial charge in [-0.3, -0.25) is 10.1 Å². The van der Waals surface area contributed by atoms with Gasteiger partial charge in [-0.25, -0.2) is 0 Å². The molecule has 1 heterocycles. The fraction of sp³-hybridized carbons (Fsp3) is 0.364. The van der Waals surface area contributed by atoms with Gasteiger partial charge < -0.3 is 5.11 Å². The van der Waals surface area contributed by atoms with Crippen LogP contribution in [-0.4, -0.2) is 22.9 Å². The van der Waals surface area contributed by atoms with E-state index in [1.165, 1.54) is 0 Å². The van der Waals surface area contributed by atoms with Gasteiger partial charge in [0.2, 0.25) is 0 Å². The van der Waals surface area contributed by atoms with E-state index in [1.807, 2.05) is 18.2 Å². The van der Waals surface area contributed by atoms with Gasteiger partial charge >= 0.3 is 5.97 Å². The van der Waals surface area contributed by atoms with E-state index in [0.29, 0.717) is 11.4 Å². The van der Waals surface area contributed by atoms with Gasteiger partial charge in [-0.1, -0.05) is 17.7 Å². The number of hydrogen-bond acceptors (Lipinski definition) is 3. The molecule has 0 aliphatic carbocycles. The number of carboxylic acids is 1. The molecule has 17 heavy (non-hydrogen) atoms. The number of carboxylic acid groups (broad SMARTS) is 1. The Morgan fingerprint density at radius 2 is 2.35 bits per heavy atom. The molecule has 1 saturated heterocycles. The minimum Gasteiger partial charge on any atom is -0.480 e. The zero-order valence-electron chi connectivity index (χ0n) is 8.82. The summed E-state index contributed by atoms with van der Waals surface area (Å²) >= 11 is 11.1. The molecule has 1 fully saturated rings. The lowest BCUT2D eigenvalue weighted by molar-refractivity contribution is -0.139. The Bertz CT molecular complexity index is 443. The third kappa shape index (κ3) is 3.16. The van der Waals surface area contributed by atoms with Crippen LogP contribution in [0.4, 0.5) is 0 Å². The molecule has 6 heteroatoms. The zero-order valence-corrected chi connectivity index (χ0v) is 12.0. The first-order valence-electron chi connectivity index (χ1n) is 5.13. The van der Waals surface area contributed by atoms with Crippen LogP contribution in [0.2, 0.25) is 5.02 Å². The standard InChI is InChI=1S/C11H11BrClNO2S/c12-7-2-1-6(5-8(7)13)10-14-9(11(15)16)3-4-17-10/h1-2,5,9-10,14H,3-4H2,(H,15,16). The third-order valence-corrected chi connectivity index (χ3v) is 5.03. The van der Waals surface area contributed by atoms with Gasteiger partial charge in [0, 0.05) is 4.47 Å². The van der Waals surface area contributed by atoms with Gasteiger partial charge in [-0.15, -0.1) is 11.8 Å². The van der Waals surface area contributed by atoms with Crippen molar-refractivity contribution >= 4 is 45.3 Å². The molecule has 0 amide bonds. The molecule has 1 aliphatic rings. The van der Waals surface area contributed by atoms with Crippen molar-refractivity contribution in [3.8, 4) is 0 Å². The summed E-state index contributed by atoms with van der Waals surface area (Å²) in [6, 6.07) is 5.22. The molecule has 0 saturated carbocycles. The highest BCUT2D eigenvalue weighted by Gasteiger charge is 2.27. The van der Waals surface area contributed by atoms with Crippen molar-refractivity contribution in [1.82, 2.24) is 5.32 Å². The highest BCUT2D eigenvalue weighted by Crippen LogP contribution is 2.34. The van der Waals surface area contributed by atoms with Crippen molar-refractivity contribution in [1.29, 1.82) is 0 Å². The van der Waals surface area contributed by atoms with Crippen molar-refractivity contribution in [3.05, 3.63) is 33.3 Å². The molecular formula is C11H11BrClNO2S. The van der Waals surface area contributed by atoms with Gasteiger partial charge in [-0.2, -0.15) is 0 Å². The lowest BCUT2D eigenvalue weighted by Gasteiger charge is -2.28. The Labute approximate surface area is 117 Å². The topological polar surface area (TPSA) is 49.3 Å². The largest absolute Gasteiger partial charge is 0.480 e. The number of hydrogen-bond donors (Lipinski definition) is 2. The lowest BCUT2D eigenvalue weighted by Crippen LogP contribution is -2.41. The number of nitrogens with one attached hydrogen (secondary N) is 1. The van der Waals surface area contributed by atoms with Crippen molar-refractivity contribution in [2.75, 3.05) is 5.75 Å². The predicted molar refractivity (Wildman–Crippen MR) is 73.5 cm³/mol. The Balaban J connectivity index is 2.16. The van der Waals surface area contributed by atoms with Gasteiger partial charge in [0.05, 0.1) is 10.4 Å². The number of halogens is 2. The van der Waals surface area contributed by atoms with Crippen LogP contribution in [0.5, 0.6) is 0 Å². The molecular weight excluding hydrogens is 326 g/mol. The lowest BCUT2D eigenvalue weighted by atomic mass is 10.1. The second kappa shape index (κ2) is 5.61. The van der Waals surface area contributed by atoms with Crippen molar-refractivity contribution in [3.63, 3.8) is 0 Å². The maximum absolute atomic E-state index is 10.9. The van der Waals surface area contributed by atoms with Crippen LogP contribution in [0.15, 0.2) is 22.7 Å². The average molecular weight is 337 g/mol. The van der Waals surface area contributed by atoms with Gasteiger partial charge in [0.1, 0.15) is 6.04 Å². The Morgan fingerprint density at radius 1 is 1.59 bits per heavy atom. The minimum atomic E-state index is -0.793. The molecule has 1 aromatic carbocycles. The number of rotatable bonds is 2. The maximum Gasteiger partial charge on any atom is 0.320 e. The molecule has 92 valence electrons. The number of thioether (sulfide) groups is 1. The molecule has 3 nitrogen and oxygen atoms in total. The first-order chi connectivity index (χ1) is 8.08. The highest BCUT2D eigenvalue weighted by atomic mass is 79.9. The Hall–Kier alpha value is -0.230. The van der Waals surface area contributed by atoms with E-state index in [4.69, 9.17) is 16.7 Å². The normalized spacial score (nSPS) is 24.6. The maximum atomic E-state index is 10.9. The predicted octanol–water partition coefficient (Wildman–Crippen LogP) is 3.28. The van der Waals surface area contributed by atoms with Crippen LogP contribution in [0.3, 0.4) is 0 Å². The van der Waals surface area contributed by atoms with Gasteiger partial charge in [0.25, 0.3) is 0 Å². The summed E-state index contributed by atoms with van der Waals surface area (Å²) in [7, 11) is 0. The van der Waals surface area contributed by atoms with E-state index in [0.717, 1.165) is 15.8 Å². The highest BCUT2D eigenvalue weighted by molar-refractivity contribution is 9.10. The van der Waals surface area contributed by atoms with Gasteiger partial charge in [-0.05, 0) is 45.8 Å². The zero-order chi connectivity index (χ0) is 12.4. The molecule has 0 spiro atoms. The minimum absolute atomic E-state index is 0.00421. The van der Waals surface area contributed by atoms with Crippen molar-refractivity contribution < 1.29 is 9.90 Å².